The van der Waals surface area contributed by atoms with Gasteiger partial charge in [-0.15, -0.1) is 0 Å². The second-order valence-corrected chi connectivity index (χ2v) is 2.99. The molecular formula is C9H15InO9. The summed E-state index contributed by atoms with van der Waals surface area (Å²) in [6.07, 6.45) is -4.03. The minimum absolute atomic E-state index is 0. The van der Waals surface area contributed by atoms with Crippen LogP contribution in [0.5, 0.6) is 0 Å². The molecule has 0 unspecified atom stereocenters. The van der Waals surface area contributed by atoms with Crippen molar-refractivity contribution in [3.05, 3.63) is 0 Å². The van der Waals surface area contributed by atoms with Gasteiger partial charge in [-0.3, -0.25) is 0 Å². The predicted molar refractivity (Wildman–Crippen MR) is 55.8 cm³/mol. The Morgan fingerprint density at radius 3 is 0.737 bits per heavy atom. The zero-order valence-electron chi connectivity index (χ0n) is 10.6. The van der Waals surface area contributed by atoms with Gasteiger partial charge in [0.2, 0.25) is 0 Å². The summed E-state index contributed by atoms with van der Waals surface area (Å²) in [4.78, 5) is 28.0. The quantitative estimate of drug-likeness (QED) is 0.428. The molecule has 0 saturated heterocycles. The Morgan fingerprint density at radius 1 is 0.684 bits per heavy atom. The fraction of sp³-hybridized carbons (Fsp3) is 0.667. The maximum Gasteiger partial charge on any atom is 3.00 e. The van der Waals surface area contributed by atoms with E-state index in [0.29, 0.717) is 0 Å². The van der Waals surface area contributed by atoms with Gasteiger partial charge >= 0.3 is 25.8 Å². The van der Waals surface area contributed by atoms with E-state index >= 15 is 0 Å². The SMILES string of the molecule is C[C@@H](O)C(=O)[O-].C[C@@H](O)C(=O)[O-].C[C@@H](O)C(=O)[O-].[In+3]. The molecule has 0 heterocycles. The van der Waals surface area contributed by atoms with E-state index in [-0.39, 0.29) is 25.8 Å². The van der Waals surface area contributed by atoms with E-state index in [2.05, 4.69) is 0 Å². The molecule has 3 atom stereocenters. The van der Waals surface area contributed by atoms with Crippen LogP contribution >= 0.6 is 0 Å². The van der Waals surface area contributed by atoms with Crippen LogP contribution in [0.3, 0.4) is 0 Å². The molecule has 9 nitrogen and oxygen atoms in total. The molecule has 0 aromatic carbocycles. The molecule has 108 valence electrons. The second kappa shape index (κ2) is 15.2. The fourth-order valence-electron chi connectivity index (χ4n) is 0. The summed E-state index contributed by atoms with van der Waals surface area (Å²) in [6.45, 7) is 3.40. The molecule has 0 aromatic heterocycles. The average molecular weight is 382 g/mol. The Hall–Kier alpha value is -0.840. The summed E-state index contributed by atoms with van der Waals surface area (Å²) in [5, 5.41) is 51.9. The molecule has 19 heavy (non-hydrogen) atoms. The number of carboxylic acids is 3. The van der Waals surface area contributed by atoms with Crippen molar-refractivity contribution >= 4 is 43.8 Å². The molecule has 0 saturated carbocycles. The molecule has 0 aromatic rings. The number of aliphatic hydroxyl groups excluding tert-OH is 3. The summed E-state index contributed by atoms with van der Waals surface area (Å²) >= 11 is 0. The minimum Gasteiger partial charge on any atom is -0.547 e. The molecule has 0 aliphatic rings. The Morgan fingerprint density at radius 2 is 0.737 bits per heavy atom. The van der Waals surface area contributed by atoms with Gasteiger partial charge in [0.1, 0.15) is 0 Å². The number of rotatable bonds is 3. The molecule has 0 aliphatic carbocycles. The van der Waals surface area contributed by atoms with Crippen LogP contribution in [-0.2, 0) is 14.4 Å². The van der Waals surface area contributed by atoms with E-state index in [1.807, 2.05) is 0 Å². The molecule has 0 rings (SSSR count). The van der Waals surface area contributed by atoms with Gasteiger partial charge in [-0.1, -0.05) is 0 Å². The molecule has 0 bridgehead atoms. The number of carbonyl (C=O) groups is 3. The maximum absolute atomic E-state index is 9.34. The molecule has 0 radical (unpaired) electrons. The van der Waals surface area contributed by atoms with Crippen molar-refractivity contribution in [3.8, 4) is 0 Å². The molecule has 0 amide bonds. The van der Waals surface area contributed by atoms with Crippen molar-refractivity contribution in [1.82, 2.24) is 0 Å². The number of aliphatic carboxylic acids is 3. The van der Waals surface area contributed by atoms with Gasteiger partial charge in [-0.25, -0.2) is 0 Å². The van der Waals surface area contributed by atoms with Gasteiger partial charge in [0.25, 0.3) is 0 Å². The molecule has 0 spiro atoms. The van der Waals surface area contributed by atoms with Gasteiger partial charge in [0.05, 0.1) is 36.2 Å². The first kappa shape index (κ1) is 26.7. The fourth-order valence-corrected chi connectivity index (χ4v) is 0. The van der Waals surface area contributed by atoms with Crippen LogP contribution in [0.4, 0.5) is 0 Å². The first-order chi connectivity index (χ1) is 7.93. The first-order valence-electron chi connectivity index (χ1n) is 4.60. The Bertz CT molecular complexity index is 220. The third-order valence-electron chi connectivity index (χ3n) is 1.02. The zero-order valence-corrected chi connectivity index (χ0v) is 13.9. The van der Waals surface area contributed by atoms with E-state index in [1.54, 1.807) is 0 Å². The van der Waals surface area contributed by atoms with Crippen molar-refractivity contribution in [1.29, 1.82) is 0 Å². The molecule has 10 heteroatoms. The van der Waals surface area contributed by atoms with Crippen LogP contribution in [0.1, 0.15) is 20.8 Å². The van der Waals surface area contributed by atoms with E-state index in [9.17, 15) is 29.7 Å². The maximum atomic E-state index is 9.34. The van der Waals surface area contributed by atoms with Crippen molar-refractivity contribution in [2.24, 2.45) is 0 Å². The Kier molecular flexibility index (Phi) is 21.4. The van der Waals surface area contributed by atoms with Gasteiger partial charge in [-0.05, 0) is 20.8 Å². The molecule has 0 fully saturated rings. The first-order valence-corrected chi connectivity index (χ1v) is 4.60. The Balaban J connectivity index is -0.0000000865. The van der Waals surface area contributed by atoms with Crippen molar-refractivity contribution in [3.63, 3.8) is 0 Å². The van der Waals surface area contributed by atoms with E-state index < -0.39 is 36.2 Å². The largest absolute Gasteiger partial charge is 3.00 e. The van der Waals surface area contributed by atoms with Crippen molar-refractivity contribution in [2.45, 2.75) is 39.1 Å². The number of hydrogen-bond donors (Lipinski definition) is 3. The van der Waals surface area contributed by atoms with Crippen LogP contribution in [0.2, 0.25) is 0 Å². The summed E-state index contributed by atoms with van der Waals surface area (Å²) in [5.41, 5.74) is 0. The monoisotopic (exact) mass is 382 g/mol. The second-order valence-electron chi connectivity index (χ2n) is 2.99. The predicted octanol–water partition coefficient (Wildman–Crippen LogP) is -6.03. The van der Waals surface area contributed by atoms with Crippen molar-refractivity contribution in [2.75, 3.05) is 0 Å². The summed E-state index contributed by atoms with van der Waals surface area (Å²) < 4.78 is 0. The topological polar surface area (TPSA) is 181 Å². The van der Waals surface area contributed by atoms with Crippen LogP contribution in [0, 0.1) is 0 Å². The molecule has 3 N–H and O–H groups in total. The van der Waals surface area contributed by atoms with Gasteiger partial charge in [0.15, 0.2) is 0 Å². The van der Waals surface area contributed by atoms with E-state index in [4.69, 9.17) is 15.3 Å². The van der Waals surface area contributed by atoms with Gasteiger partial charge < -0.3 is 45.0 Å². The standard InChI is InChI=1S/3C3H6O3.In/c3*1-2(4)3(5)6;/h3*2,4H,1H3,(H,5,6);/q;;;+3/p-3/t3*2-;/m111./s1. The van der Waals surface area contributed by atoms with E-state index in [0.717, 1.165) is 20.8 Å². The normalized spacial score (nSPS) is 12.9. The van der Waals surface area contributed by atoms with E-state index in [1.165, 1.54) is 0 Å². The van der Waals surface area contributed by atoms with Crippen LogP contribution in [0.15, 0.2) is 0 Å². The third-order valence-corrected chi connectivity index (χ3v) is 1.02. The van der Waals surface area contributed by atoms with Crippen LogP contribution in [-0.4, -0.2) is 77.4 Å². The third kappa shape index (κ3) is 31.7. The zero-order chi connectivity index (χ0) is 15.5. The van der Waals surface area contributed by atoms with Crippen LogP contribution < -0.4 is 15.3 Å². The molecular weight excluding hydrogens is 367 g/mol. The number of aliphatic hydroxyl groups is 3. The van der Waals surface area contributed by atoms with Gasteiger partial charge in [0, 0.05) is 0 Å². The summed E-state index contributed by atoms with van der Waals surface area (Å²) in [7, 11) is 0. The Labute approximate surface area is 128 Å². The number of carbonyl (C=O) groups excluding carboxylic acids is 3. The van der Waals surface area contributed by atoms with Crippen LogP contribution in [0.25, 0.3) is 0 Å². The van der Waals surface area contributed by atoms with Crippen molar-refractivity contribution < 1.29 is 45.0 Å². The smallest absolute Gasteiger partial charge is 0.547 e. The number of carboxylic acid groups (broad SMARTS) is 3. The summed E-state index contributed by atoms with van der Waals surface area (Å²) in [5.74, 6) is -4.31. The number of hydrogen-bond acceptors (Lipinski definition) is 9. The minimum atomic E-state index is -1.44. The molecule has 0 aliphatic heterocycles. The average Bonchev–Trinajstić information content (AvgIpc) is 2.18. The van der Waals surface area contributed by atoms with Gasteiger partial charge in [-0.2, -0.15) is 0 Å². The summed E-state index contributed by atoms with van der Waals surface area (Å²) in [6, 6.07) is 0.